The van der Waals surface area contributed by atoms with E-state index in [0.29, 0.717) is 6.42 Å². The zero-order valence-corrected chi connectivity index (χ0v) is 14.1. The van der Waals surface area contributed by atoms with E-state index < -0.39 is 5.97 Å². The Hall–Kier alpha value is -0.530. The van der Waals surface area contributed by atoms with Crippen molar-refractivity contribution in [3.05, 3.63) is 0 Å². The van der Waals surface area contributed by atoms with Crippen molar-refractivity contribution in [1.29, 1.82) is 0 Å². The molecular weight excluding hydrogens is 260 g/mol. The average Bonchev–Trinajstić information content (AvgIpc) is 3.20. The van der Waals surface area contributed by atoms with Crippen molar-refractivity contribution in [2.45, 2.75) is 103 Å². The Balaban J connectivity index is 1.77. The molecule has 21 heavy (non-hydrogen) atoms. The van der Waals surface area contributed by atoms with Gasteiger partial charge in [0.15, 0.2) is 0 Å². The fourth-order valence-corrected chi connectivity index (χ4v) is 3.42. The maximum absolute atomic E-state index is 10.4. The molecule has 1 rings (SSSR count). The van der Waals surface area contributed by atoms with Gasteiger partial charge in [-0.15, -0.1) is 0 Å². The summed E-state index contributed by atoms with van der Waals surface area (Å²) < 4.78 is 0. The molecule has 1 aliphatic rings. The second-order valence-electron chi connectivity index (χ2n) is 7.01. The molecule has 0 saturated heterocycles. The maximum Gasteiger partial charge on any atom is 0.303 e. The molecule has 0 unspecified atom stereocenters. The lowest BCUT2D eigenvalue weighted by Crippen LogP contribution is -1.93. The zero-order chi connectivity index (χ0) is 15.3. The van der Waals surface area contributed by atoms with Crippen LogP contribution in [0.15, 0.2) is 0 Å². The fourth-order valence-electron chi connectivity index (χ4n) is 3.42. The Morgan fingerprint density at radius 1 is 0.810 bits per heavy atom. The molecule has 0 heterocycles. The molecule has 0 bridgehead atoms. The molecule has 2 heteroatoms. The van der Waals surface area contributed by atoms with Crippen LogP contribution >= 0.6 is 0 Å². The Morgan fingerprint density at radius 3 is 1.81 bits per heavy atom. The van der Waals surface area contributed by atoms with E-state index in [9.17, 15) is 4.79 Å². The van der Waals surface area contributed by atoms with Gasteiger partial charge in [-0.2, -0.15) is 0 Å². The first kappa shape index (κ1) is 18.5. The summed E-state index contributed by atoms with van der Waals surface area (Å²) in [6.45, 7) is 2.28. The number of hydrogen-bond donors (Lipinski definition) is 1. The Bertz CT molecular complexity index is 262. The van der Waals surface area contributed by atoms with Gasteiger partial charge in [-0.3, -0.25) is 4.79 Å². The van der Waals surface area contributed by atoms with Crippen LogP contribution in [0.5, 0.6) is 0 Å². The van der Waals surface area contributed by atoms with E-state index in [4.69, 9.17) is 5.11 Å². The number of carboxylic acids is 1. The third-order valence-corrected chi connectivity index (χ3v) is 4.96. The van der Waals surface area contributed by atoms with Crippen molar-refractivity contribution in [3.63, 3.8) is 0 Å². The predicted octanol–water partition coefficient (Wildman–Crippen LogP) is 6.19. The van der Waals surface area contributed by atoms with Crippen molar-refractivity contribution in [1.82, 2.24) is 0 Å². The van der Waals surface area contributed by atoms with E-state index in [2.05, 4.69) is 6.92 Å². The number of unbranched alkanes of at least 4 members (excludes halogenated alkanes) is 9. The normalized spacial score (nSPS) is 20.6. The number of carbonyl (C=O) groups is 1. The first-order valence-corrected chi connectivity index (χ1v) is 9.45. The predicted molar refractivity (Wildman–Crippen MR) is 89.5 cm³/mol. The van der Waals surface area contributed by atoms with Gasteiger partial charge < -0.3 is 5.11 Å². The highest BCUT2D eigenvalue weighted by molar-refractivity contribution is 5.66. The highest BCUT2D eigenvalue weighted by Crippen LogP contribution is 2.45. The molecule has 0 spiro atoms. The van der Waals surface area contributed by atoms with E-state index in [1.54, 1.807) is 0 Å². The van der Waals surface area contributed by atoms with E-state index in [1.165, 1.54) is 77.0 Å². The van der Waals surface area contributed by atoms with E-state index in [0.717, 1.165) is 24.7 Å². The summed E-state index contributed by atoms with van der Waals surface area (Å²) in [5.74, 6) is 1.45. The lowest BCUT2D eigenvalue weighted by molar-refractivity contribution is -0.137. The van der Waals surface area contributed by atoms with Crippen molar-refractivity contribution in [3.8, 4) is 0 Å². The van der Waals surface area contributed by atoms with Crippen molar-refractivity contribution >= 4 is 5.97 Å². The Kier molecular flexibility index (Phi) is 10.6. The van der Waals surface area contributed by atoms with Crippen molar-refractivity contribution < 1.29 is 9.90 Å². The second kappa shape index (κ2) is 12.1. The number of carboxylic acid groups (broad SMARTS) is 1. The van der Waals surface area contributed by atoms with Gasteiger partial charge >= 0.3 is 5.97 Å². The second-order valence-corrected chi connectivity index (χ2v) is 7.01. The molecule has 1 saturated carbocycles. The molecule has 0 aliphatic heterocycles. The molecule has 0 aromatic heterocycles. The standard InChI is InChI=1S/C19H36O2/c1-2-3-4-5-7-10-13-17-16-18(17)14-11-8-6-9-12-15-19(20)21/h17-18H,2-16H2,1H3,(H,20,21)/t17-,18-/m0/s1. The van der Waals surface area contributed by atoms with Crippen LogP contribution in [0.4, 0.5) is 0 Å². The molecule has 0 aromatic rings. The first-order chi connectivity index (χ1) is 10.2. The van der Waals surface area contributed by atoms with Crippen LogP contribution in [-0.4, -0.2) is 11.1 Å². The van der Waals surface area contributed by atoms with Crippen LogP contribution in [-0.2, 0) is 4.79 Å². The van der Waals surface area contributed by atoms with Crippen molar-refractivity contribution in [2.75, 3.05) is 0 Å². The van der Waals surface area contributed by atoms with Gasteiger partial charge in [0.2, 0.25) is 0 Å². The van der Waals surface area contributed by atoms with Gasteiger partial charge in [-0.1, -0.05) is 84.0 Å². The molecule has 1 N–H and O–H groups in total. The number of aliphatic carboxylic acids is 1. The Morgan fingerprint density at radius 2 is 1.29 bits per heavy atom. The SMILES string of the molecule is CCCCCCCC[C@H]1C[C@@H]1CCCCCCCC(=O)O. The van der Waals surface area contributed by atoms with Gasteiger partial charge in [0.25, 0.3) is 0 Å². The van der Waals surface area contributed by atoms with Crippen LogP contribution in [0, 0.1) is 11.8 Å². The van der Waals surface area contributed by atoms with Gasteiger partial charge in [0.05, 0.1) is 0 Å². The van der Waals surface area contributed by atoms with Crippen LogP contribution < -0.4 is 0 Å². The van der Waals surface area contributed by atoms with Gasteiger partial charge in [0.1, 0.15) is 0 Å². The summed E-state index contributed by atoms with van der Waals surface area (Å²) in [6.07, 6.45) is 19.2. The van der Waals surface area contributed by atoms with Crippen LogP contribution in [0.1, 0.15) is 103 Å². The lowest BCUT2D eigenvalue weighted by atomic mass is 10.0. The molecule has 2 atom stereocenters. The monoisotopic (exact) mass is 296 g/mol. The van der Waals surface area contributed by atoms with E-state index >= 15 is 0 Å². The third kappa shape index (κ3) is 10.8. The van der Waals surface area contributed by atoms with Gasteiger partial charge in [-0.25, -0.2) is 0 Å². The molecule has 124 valence electrons. The van der Waals surface area contributed by atoms with Crippen LogP contribution in [0.2, 0.25) is 0 Å². The molecular formula is C19H36O2. The summed E-state index contributed by atoms with van der Waals surface area (Å²) >= 11 is 0. The fraction of sp³-hybridized carbons (Fsp3) is 0.947. The topological polar surface area (TPSA) is 37.3 Å². The summed E-state index contributed by atoms with van der Waals surface area (Å²) in [4.78, 5) is 10.4. The molecule has 2 nitrogen and oxygen atoms in total. The minimum atomic E-state index is -0.648. The summed E-state index contributed by atoms with van der Waals surface area (Å²) in [5.41, 5.74) is 0. The van der Waals surface area contributed by atoms with Crippen molar-refractivity contribution in [2.24, 2.45) is 11.8 Å². The summed E-state index contributed by atoms with van der Waals surface area (Å²) in [5, 5.41) is 8.56. The van der Waals surface area contributed by atoms with E-state index in [-0.39, 0.29) is 0 Å². The quantitative estimate of drug-likeness (QED) is 0.366. The van der Waals surface area contributed by atoms with Crippen LogP contribution in [0.3, 0.4) is 0 Å². The summed E-state index contributed by atoms with van der Waals surface area (Å²) in [7, 11) is 0. The first-order valence-electron chi connectivity index (χ1n) is 9.45. The molecule has 0 amide bonds. The molecule has 1 fully saturated rings. The lowest BCUT2D eigenvalue weighted by Gasteiger charge is -2.02. The van der Waals surface area contributed by atoms with Crippen LogP contribution in [0.25, 0.3) is 0 Å². The molecule has 0 radical (unpaired) electrons. The largest absolute Gasteiger partial charge is 0.481 e. The van der Waals surface area contributed by atoms with E-state index in [1.807, 2.05) is 0 Å². The smallest absolute Gasteiger partial charge is 0.303 e. The van der Waals surface area contributed by atoms with Gasteiger partial charge in [-0.05, 0) is 24.7 Å². The Labute approximate surface area is 131 Å². The zero-order valence-electron chi connectivity index (χ0n) is 14.1. The minimum absolute atomic E-state index is 0.350. The number of hydrogen-bond acceptors (Lipinski definition) is 1. The highest BCUT2D eigenvalue weighted by Gasteiger charge is 2.34. The maximum atomic E-state index is 10.4. The minimum Gasteiger partial charge on any atom is -0.481 e. The highest BCUT2D eigenvalue weighted by atomic mass is 16.4. The van der Waals surface area contributed by atoms with Gasteiger partial charge in [0, 0.05) is 6.42 Å². The molecule has 0 aromatic carbocycles. The average molecular weight is 296 g/mol. The summed E-state index contributed by atoms with van der Waals surface area (Å²) in [6, 6.07) is 0. The third-order valence-electron chi connectivity index (χ3n) is 4.96. The molecule has 1 aliphatic carbocycles. The number of rotatable bonds is 15.